The second-order valence-corrected chi connectivity index (χ2v) is 7.12. The molecule has 0 aliphatic carbocycles. The van der Waals surface area contributed by atoms with E-state index in [1.165, 1.54) is 12.0 Å². The van der Waals surface area contributed by atoms with Crippen molar-refractivity contribution in [3.8, 4) is 0 Å². The van der Waals surface area contributed by atoms with Gasteiger partial charge in [0.25, 0.3) is 0 Å². The van der Waals surface area contributed by atoms with Crippen molar-refractivity contribution in [1.82, 2.24) is 5.32 Å². The summed E-state index contributed by atoms with van der Waals surface area (Å²) in [4.78, 5) is 12.3. The maximum absolute atomic E-state index is 12.3. The summed E-state index contributed by atoms with van der Waals surface area (Å²) in [5.74, 6) is 0.766. The zero-order chi connectivity index (χ0) is 15.5. The highest BCUT2D eigenvalue weighted by Crippen LogP contribution is 2.24. The van der Waals surface area contributed by atoms with Crippen LogP contribution in [0, 0.1) is 5.92 Å². The zero-order valence-corrected chi connectivity index (χ0v) is 13.7. The average Bonchev–Trinajstić information content (AvgIpc) is 2.47. The van der Waals surface area contributed by atoms with Gasteiger partial charge < -0.3 is 10.6 Å². The Labute approximate surface area is 128 Å². The SMILES string of the molecule is CCC1CCNC(C(=O)Nc2ccc(C(C)(C)C)cc2)C1. The Balaban J connectivity index is 1.96. The van der Waals surface area contributed by atoms with E-state index in [0.717, 1.165) is 25.1 Å². The molecular formula is C18H28N2O. The molecule has 3 nitrogen and oxygen atoms in total. The van der Waals surface area contributed by atoms with Gasteiger partial charge in [0.05, 0.1) is 6.04 Å². The lowest BCUT2D eigenvalue weighted by molar-refractivity contribution is -0.119. The first-order chi connectivity index (χ1) is 9.90. The Bertz CT molecular complexity index is 473. The number of anilines is 1. The van der Waals surface area contributed by atoms with Gasteiger partial charge in [-0.3, -0.25) is 4.79 Å². The van der Waals surface area contributed by atoms with Crippen LogP contribution < -0.4 is 10.6 Å². The van der Waals surface area contributed by atoms with E-state index in [4.69, 9.17) is 0 Å². The normalized spacial score (nSPS) is 22.9. The number of amides is 1. The lowest BCUT2D eigenvalue weighted by Gasteiger charge is -2.29. The van der Waals surface area contributed by atoms with Gasteiger partial charge in [0, 0.05) is 5.69 Å². The molecule has 1 aromatic rings. The van der Waals surface area contributed by atoms with E-state index in [9.17, 15) is 4.79 Å². The molecule has 2 unspecified atom stereocenters. The summed E-state index contributed by atoms with van der Waals surface area (Å²) in [6, 6.07) is 8.14. The highest BCUT2D eigenvalue weighted by atomic mass is 16.2. The molecule has 2 N–H and O–H groups in total. The molecule has 1 saturated heterocycles. The van der Waals surface area contributed by atoms with Crippen LogP contribution in [-0.4, -0.2) is 18.5 Å². The summed E-state index contributed by atoms with van der Waals surface area (Å²) < 4.78 is 0. The molecule has 0 spiro atoms. The van der Waals surface area contributed by atoms with Crippen molar-refractivity contribution in [2.24, 2.45) is 5.92 Å². The molecule has 3 heteroatoms. The fourth-order valence-corrected chi connectivity index (χ4v) is 2.85. The number of hydrogen-bond acceptors (Lipinski definition) is 2. The number of nitrogens with one attached hydrogen (secondary N) is 2. The maximum Gasteiger partial charge on any atom is 0.241 e. The van der Waals surface area contributed by atoms with E-state index in [1.54, 1.807) is 0 Å². The third-order valence-electron chi connectivity index (χ3n) is 4.42. The van der Waals surface area contributed by atoms with E-state index < -0.39 is 0 Å². The summed E-state index contributed by atoms with van der Waals surface area (Å²) in [6.07, 6.45) is 3.29. The summed E-state index contributed by atoms with van der Waals surface area (Å²) in [6.45, 7) is 9.72. The number of rotatable bonds is 3. The van der Waals surface area contributed by atoms with Crippen LogP contribution in [0.2, 0.25) is 0 Å². The lowest BCUT2D eigenvalue weighted by atomic mass is 9.87. The number of carbonyl (C=O) groups is 1. The molecule has 1 heterocycles. The first-order valence-electron chi connectivity index (χ1n) is 8.05. The maximum atomic E-state index is 12.3. The van der Waals surface area contributed by atoms with Crippen LogP contribution in [0.4, 0.5) is 5.69 Å². The van der Waals surface area contributed by atoms with Crippen LogP contribution in [0.25, 0.3) is 0 Å². The van der Waals surface area contributed by atoms with Crippen molar-refractivity contribution in [3.05, 3.63) is 29.8 Å². The second kappa shape index (κ2) is 6.61. The highest BCUT2D eigenvalue weighted by molar-refractivity contribution is 5.94. The largest absolute Gasteiger partial charge is 0.325 e. The molecule has 1 amide bonds. The molecule has 2 rings (SSSR count). The average molecular weight is 288 g/mol. The van der Waals surface area contributed by atoms with Crippen LogP contribution in [0.3, 0.4) is 0 Å². The van der Waals surface area contributed by atoms with E-state index in [0.29, 0.717) is 5.92 Å². The summed E-state index contributed by atoms with van der Waals surface area (Å²) in [5, 5.41) is 6.36. The van der Waals surface area contributed by atoms with E-state index >= 15 is 0 Å². The van der Waals surface area contributed by atoms with Gasteiger partial charge in [-0.2, -0.15) is 0 Å². The van der Waals surface area contributed by atoms with Crippen molar-refractivity contribution >= 4 is 11.6 Å². The third kappa shape index (κ3) is 4.31. The van der Waals surface area contributed by atoms with E-state index in [-0.39, 0.29) is 17.4 Å². The van der Waals surface area contributed by atoms with E-state index in [2.05, 4.69) is 50.5 Å². The van der Waals surface area contributed by atoms with Crippen LogP contribution >= 0.6 is 0 Å². The third-order valence-corrected chi connectivity index (χ3v) is 4.42. The first kappa shape index (κ1) is 16.0. The van der Waals surface area contributed by atoms with Gasteiger partial charge >= 0.3 is 0 Å². The first-order valence-corrected chi connectivity index (χ1v) is 8.05. The van der Waals surface area contributed by atoms with Crippen LogP contribution in [-0.2, 0) is 10.2 Å². The minimum atomic E-state index is -0.0500. The Morgan fingerprint density at radius 2 is 1.95 bits per heavy atom. The Kier molecular flexibility index (Phi) is 5.04. The quantitative estimate of drug-likeness (QED) is 0.890. The minimum Gasteiger partial charge on any atom is -0.325 e. The molecule has 0 bridgehead atoms. The molecule has 1 aliphatic heterocycles. The molecule has 2 atom stereocenters. The van der Waals surface area contributed by atoms with Crippen LogP contribution in [0.15, 0.2) is 24.3 Å². The molecule has 1 aromatic carbocycles. The Morgan fingerprint density at radius 1 is 1.29 bits per heavy atom. The molecule has 1 aliphatic rings. The summed E-state index contributed by atoms with van der Waals surface area (Å²) in [7, 11) is 0. The summed E-state index contributed by atoms with van der Waals surface area (Å²) >= 11 is 0. The standard InChI is InChI=1S/C18H28N2O/c1-5-13-10-11-19-16(12-13)17(21)20-15-8-6-14(7-9-15)18(2,3)4/h6-9,13,16,19H,5,10-12H2,1-4H3,(H,20,21). The predicted molar refractivity (Wildman–Crippen MR) is 88.6 cm³/mol. The van der Waals surface area contributed by atoms with Crippen molar-refractivity contribution in [3.63, 3.8) is 0 Å². The molecule has 1 fully saturated rings. The van der Waals surface area contributed by atoms with E-state index in [1.807, 2.05) is 12.1 Å². The predicted octanol–water partition coefficient (Wildman–Crippen LogP) is 3.70. The smallest absolute Gasteiger partial charge is 0.241 e. The van der Waals surface area contributed by atoms with Gasteiger partial charge in [-0.05, 0) is 48.4 Å². The number of benzene rings is 1. The van der Waals surface area contributed by atoms with Crippen molar-refractivity contribution in [2.75, 3.05) is 11.9 Å². The number of hydrogen-bond donors (Lipinski definition) is 2. The van der Waals surface area contributed by atoms with Crippen molar-refractivity contribution in [1.29, 1.82) is 0 Å². The van der Waals surface area contributed by atoms with Crippen molar-refractivity contribution in [2.45, 2.75) is 58.4 Å². The highest BCUT2D eigenvalue weighted by Gasteiger charge is 2.25. The number of piperidine rings is 1. The van der Waals surface area contributed by atoms with Crippen LogP contribution in [0.1, 0.15) is 52.5 Å². The molecule has 0 radical (unpaired) electrons. The molecule has 116 valence electrons. The van der Waals surface area contributed by atoms with Gasteiger partial charge in [0.15, 0.2) is 0 Å². The zero-order valence-electron chi connectivity index (χ0n) is 13.7. The molecule has 0 aromatic heterocycles. The van der Waals surface area contributed by atoms with Gasteiger partial charge in [-0.15, -0.1) is 0 Å². The van der Waals surface area contributed by atoms with Crippen LogP contribution in [0.5, 0.6) is 0 Å². The molecule has 0 saturated carbocycles. The topological polar surface area (TPSA) is 41.1 Å². The van der Waals surface area contributed by atoms with Gasteiger partial charge in [0.2, 0.25) is 5.91 Å². The number of carbonyl (C=O) groups excluding carboxylic acids is 1. The Hall–Kier alpha value is -1.35. The van der Waals surface area contributed by atoms with Crippen molar-refractivity contribution < 1.29 is 4.79 Å². The van der Waals surface area contributed by atoms with Gasteiger partial charge in [-0.25, -0.2) is 0 Å². The fraction of sp³-hybridized carbons (Fsp3) is 0.611. The lowest BCUT2D eigenvalue weighted by Crippen LogP contribution is -2.46. The molecular weight excluding hydrogens is 260 g/mol. The summed E-state index contributed by atoms with van der Waals surface area (Å²) in [5.41, 5.74) is 2.30. The van der Waals surface area contributed by atoms with Gasteiger partial charge in [0.1, 0.15) is 0 Å². The van der Waals surface area contributed by atoms with Gasteiger partial charge in [-0.1, -0.05) is 46.2 Å². The Morgan fingerprint density at radius 3 is 2.52 bits per heavy atom. The second-order valence-electron chi connectivity index (χ2n) is 7.12. The monoisotopic (exact) mass is 288 g/mol. The minimum absolute atomic E-state index is 0.0500. The molecule has 21 heavy (non-hydrogen) atoms. The fourth-order valence-electron chi connectivity index (χ4n) is 2.85.